The van der Waals surface area contributed by atoms with Gasteiger partial charge in [-0.15, -0.1) is 11.3 Å². The lowest BCUT2D eigenvalue weighted by molar-refractivity contribution is -0.152. The summed E-state index contributed by atoms with van der Waals surface area (Å²) in [6.45, 7) is 0. The summed E-state index contributed by atoms with van der Waals surface area (Å²) >= 11 is 1.53. The number of nitrogens with zero attached hydrogens (tertiary/aromatic N) is 2. The van der Waals surface area contributed by atoms with E-state index < -0.39 is 17.9 Å². The van der Waals surface area contributed by atoms with E-state index in [0.717, 1.165) is 21.6 Å². The van der Waals surface area contributed by atoms with Crippen molar-refractivity contribution >= 4 is 29.0 Å². The van der Waals surface area contributed by atoms with E-state index in [1.165, 1.54) is 11.3 Å². The third-order valence-electron chi connectivity index (χ3n) is 4.39. The highest BCUT2D eigenvalue weighted by molar-refractivity contribution is 7.07. The van der Waals surface area contributed by atoms with Gasteiger partial charge in [-0.2, -0.15) is 0 Å². The van der Waals surface area contributed by atoms with Crippen molar-refractivity contribution in [2.75, 3.05) is 0 Å². The van der Waals surface area contributed by atoms with Gasteiger partial charge in [-0.05, 0) is 17.2 Å². The number of cyclic esters (lactones) is 2. The fraction of sp³-hybridized carbons (Fsp3) is 0.150. The Labute approximate surface area is 154 Å². The lowest BCUT2D eigenvalue weighted by Crippen LogP contribution is -2.12. The molecule has 130 valence electrons. The summed E-state index contributed by atoms with van der Waals surface area (Å²) in [5, 5.41) is 2.06. The molecule has 0 saturated carbocycles. The van der Waals surface area contributed by atoms with Crippen LogP contribution in [-0.2, 0) is 21.4 Å². The molecule has 0 N–H and O–H groups in total. The second kappa shape index (κ2) is 6.72. The highest BCUT2D eigenvalue weighted by Crippen LogP contribution is 2.34. The van der Waals surface area contributed by atoms with Crippen molar-refractivity contribution in [3.05, 3.63) is 70.3 Å². The van der Waals surface area contributed by atoms with Crippen LogP contribution in [0.25, 0.3) is 11.3 Å². The Kier molecular flexibility index (Phi) is 4.26. The first-order valence-electron chi connectivity index (χ1n) is 8.21. The van der Waals surface area contributed by atoms with E-state index in [-0.39, 0.29) is 6.42 Å². The smallest absolute Gasteiger partial charge is 0.321 e. The van der Waals surface area contributed by atoms with Crippen LogP contribution in [-0.4, -0.2) is 16.5 Å². The Bertz CT molecular complexity index is 1050. The van der Waals surface area contributed by atoms with Crippen LogP contribution in [0.3, 0.4) is 0 Å². The first-order chi connectivity index (χ1) is 12.6. The van der Waals surface area contributed by atoms with Crippen LogP contribution in [0, 0.1) is 0 Å². The predicted molar refractivity (Wildman–Crippen MR) is 98.8 cm³/mol. The summed E-state index contributed by atoms with van der Waals surface area (Å²) in [5.41, 5.74) is 3.59. The van der Waals surface area contributed by atoms with E-state index in [1.807, 2.05) is 54.1 Å². The van der Waals surface area contributed by atoms with E-state index in [1.54, 1.807) is 0 Å². The molecule has 1 atom stereocenters. The van der Waals surface area contributed by atoms with Crippen molar-refractivity contribution in [1.29, 1.82) is 0 Å². The molecule has 1 saturated heterocycles. The van der Waals surface area contributed by atoms with Crippen molar-refractivity contribution in [2.24, 2.45) is 12.0 Å². The van der Waals surface area contributed by atoms with Gasteiger partial charge in [-0.3, -0.25) is 9.59 Å². The summed E-state index contributed by atoms with van der Waals surface area (Å²) in [4.78, 5) is 29.0. The molecule has 26 heavy (non-hydrogen) atoms. The zero-order valence-corrected chi connectivity index (χ0v) is 14.9. The molecule has 2 aromatic carbocycles. The lowest BCUT2D eigenvalue weighted by atomic mass is 9.96. The SMILES string of the molecule is Cn1c(-c2ccccc2)csc1=Nc1ccccc1C1CC(=O)OC1=O. The fourth-order valence-corrected chi connectivity index (χ4v) is 3.96. The third kappa shape index (κ3) is 2.99. The molecule has 1 aliphatic rings. The van der Waals surface area contributed by atoms with E-state index in [0.29, 0.717) is 5.69 Å². The van der Waals surface area contributed by atoms with Crippen molar-refractivity contribution in [2.45, 2.75) is 12.3 Å². The summed E-state index contributed by atoms with van der Waals surface area (Å²) in [7, 11) is 1.97. The topological polar surface area (TPSA) is 60.7 Å². The molecule has 0 spiro atoms. The largest absolute Gasteiger partial charge is 0.393 e. The van der Waals surface area contributed by atoms with Gasteiger partial charge in [-0.1, -0.05) is 48.5 Å². The number of thiazole rings is 1. The molecular weight excluding hydrogens is 348 g/mol. The van der Waals surface area contributed by atoms with Crippen LogP contribution in [0.4, 0.5) is 5.69 Å². The number of carbonyl (C=O) groups excluding carboxylic acids is 2. The number of ether oxygens (including phenoxy) is 1. The standard InChI is InChI=1S/C20H16N2O3S/c1-22-17(13-7-3-2-4-8-13)12-26-20(22)21-16-10-6-5-9-14(16)15-11-18(23)25-19(15)24/h2-10,12,15H,11H2,1H3. The number of carbonyl (C=O) groups is 2. The van der Waals surface area contributed by atoms with E-state index in [2.05, 4.69) is 17.5 Å². The lowest BCUT2D eigenvalue weighted by Gasteiger charge is -2.08. The highest BCUT2D eigenvalue weighted by atomic mass is 32.1. The molecule has 2 heterocycles. The summed E-state index contributed by atoms with van der Waals surface area (Å²) in [5.74, 6) is -1.57. The number of benzene rings is 2. The zero-order chi connectivity index (χ0) is 18.1. The third-order valence-corrected chi connectivity index (χ3v) is 5.31. The van der Waals surface area contributed by atoms with Crippen LogP contribution < -0.4 is 4.80 Å². The molecule has 0 amide bonds. The van der Waals surface area contributed by atoms with Gasteiger partial charge in [0.15, 0.2) is 4.80 Å². The van der Waals surface area contributed by atoms with Crippen LogP contribution >= 0.6 is 11.3 Å². The molecule has 0 bridgehead atoms. The Morgan fingerprint density at radius 1 is 1.08 bits per heavy atom. The summed E-state index contributed by atoms with van der Waals surface area (Å²) < 4.78 is 6.72. The molecule has 0 radical (unpaired) electrons. The number of rotatable bonds is 3. The number of para-hydroxylation sites is 1. The molecule has 3 aromatic rings. The van der Waals surface area contributed by atoms with Crippen LogP contribution in [0.15, 0.2) is 65.0 Å². The molecule has 6 heteroatoms. The van der Waals surface area contributed by atoms with Gasteiger partial charge in [0.2, 0.25) is 0 Å². The van der Waals surface area contributed by atoms with Gasteiger partial charge in [0.25, 0.3) is 0 Å². The molecule has 0 aliphatic carbocycles. The van der Waals surface area contributed by atoms with Gasteiger partial charge < -0.3 is 9.30 Å². The minimum Gasteiger partial charge on any atom is -0.393 e. The van der Waals surface area contributed by atoms with Crippen molar-refractivity contribution < 1.29 is 14.3 Å². The maximum atomic E-state index is 12.0. The Balaban J connectivity index is 1.78. The second-order valence-electron chi connectivity index (χ2n) is 6.05. The highest BCUT2D eigenvalue weighted by Gasteiger charge is 2.35. The molecule has 4 rings (SSSR count). The van der Waals surface area contributed by atoms with Crippen LogP contribution in [0.5, 0.6) is 0 Å². The molecule has 1 aromatic heterocycles. The normalized spacial score (nSPS) is 17.6. The molecule has 1 fully saturated rings. The number of hydrogen-bond donors (Lipinski definition) is 0. The van der Waals surface area contributed by atoms with Gasteiger partial charge in [-0.25, -0.2) is 4.99 Å². The van der Waals surface area contributed by atoms with E-state index in [4.69, 9.17) is 9.73 Å². The van der Waals surface area contributed by atoms with Gasteiger partial charge >= 0.3 is 11.9 Å². The van der Waals surface area contributed by atoms with Crippen LogP contribution in [0.2, 0.25) is 0 Å². The predicted octanol–water partition coefficient (Wildman–Crippen LogP) is 3.54. The zero-order valence-electron chi connectivity index (χ0n) is 14.1. The molecule has 1 aliphatic heterocycles. The maximum Gasteiger partial charge on any atom is 0.321 e. The van der Waals surface area contributed by atoms with Crippen molar-refractivity contribution in [3.63, 3.8) is 0 Å². The van der Waals surface area contributed by atoms with Gasteiger partial charge in [0.1, 0.15) is 0 Å². The minimum atomic E-state index is -0.582. The molecule has 5 nitrogen and oxygen atoms in total. The molecular formula is C20H16N2O3S. The fourth-order valence-electron chi connectivity index (χ4n) is 3.04. The Morgan fingerprint density at radius 3 is 2.54 bits per heavy atom. The first kappa shape index (κ1) is 16.5. The van der Waals surface area contributed by atoms with E-state index >= 15 is 0 Å². The summed E-state index contributed by atoms with van der Waals surface area (Å²) in [6.07, 6.45) is 0.0667. The Hall–Kier alpha value is -2.99. The maximum absolute atomic E-state index is 12.0. The average Bonchev–Trinajstić information content (AvgIpc) is 3.18. The number of esters is 2. The average molecular weight is 364 g/mol. The number of hydrogen-bond acceptors (Lipinski definition) is 5. The van der Waals surface area contributed by atoms with Crippen molar-refractivity contribution in [3.8, 4) is 11.3 Å². The molecule has 1 unspecified atom stereocenters. The monoisotopic (exact) mass is 364 g/mol. The summed E-state index contributed by atoms with van der Waals surface area (Å²) in [6, 6.07) is 17.5. The van der Waals surface area contributed by atoms with Gasteiger partial charge in [0.05, 0.1) is 23.7 Å². The van der Waals surface area contributed by atoms with Crippen molar-refractivity contribution in [1.82, 2.24) is 4.57 Å². The van der Waals surface area contributed by atoms with Gasteiger partial charge in [0, 0.05) is 12.4 Å². The number of aromatic nitrogens is 1. The quantitative estimate of drug-likeness (QED) is 0.527. The van der Waals surface area contributed by atoms with E-state index in [9.17, 15) is 9.59 Å². The first-order valence-corrected chi connectivity index (χ1v) is 9.09. The Morgan fingerprint density at radius 2 is 1.81 bits per heavy atom. The minimum absolute atomic E-state index is 0.0667. The van der Waals surface area contributed by atoms with Crippen LogP contribution in [0.1, 0.15) is 17.9 Å². The second-order valence-corrected chi connectivity index (χ2v) is 6.89.